The fraction of sp³-hybridized carbons (Fsp3) is 0.417. The third-order valence-corrected chi connectivity index (χ3v) is 3.67. The lowest BCUT2D eigenvalue weighted by molar-refractivity contribution is -0.137. The molecule has 1 N–H and O–H groups in total. The Morgan fingerprint density at radius 1 is 1.38 bits per heavy atom. The summed E-state index contributed by atoms with van der Waals surface area (Å²) >= 11 is 0. The van der Waals surface area contributed by atoms with E-state index in [9.17, 15) is 21.6 Å². The van der Waals surface area contributed by atoms with E-state index in [4.69, 9.17) is 10.00 Å². The molecule has 1 aromatic rings. The molecule has 0 aliphatic carbocycles. The summed E-state index contributed by atoms with van der Waals surface area (Å²) in [4.78, 5) is 0. The number of halogens is 3. The summed E-state index contributed by atoms with van der Waals surface area (Å²) in [6.07, 6.45) is -4.60. The smallest absolute Gasteiger partial charge is 0.381 e. The fourth-order valence-electron chi connectivity index (χ4n) is 1.43. The average molecular weight is 322 g/mol. The SMILES string of the molecule is CCOCCS(=O)(=O)Nc1ccc(C(F)(F)F)cc1C#N. The van der Waals surface area contributed by atoms with Crippen molar-refractivity contribution in [3.05, 3.63) is 29.3 Å². The largest absolute Gasteiger partial charge is 0.416 e. The second-order valence-electron chi connectivity index (χ2n) is 3.99. The number of benzene rings is 1. The predicted octanol–water partition coefficient (Wildman–Crippen LogP) is 2.36. The second kappa shape index (κ2) is 6.78. The molecule has 0 saturated heterocycles. The maximum Gasteiger partial charge on any atom is 0.416 e. The van der Waals surface area contributed by atoms with Gasteiger partial charge >= 0.3 is 6.18 Å². The minimum Gasteiger partial charge on any atom is -0.381 e. The van der Waals surface area contributed by atoms with Crippen LogP contribution in [0.15, 0.2) is 18.2 Å². The Morgan fingerprint density at radius 3 is 2.57 bits per heavy atom. The number of nitrogens with zero attached hydrogens (tertiary/aromatic N) is 1. The van der Waals surface area contributed by atoms with Crippen LogP contribution in [0.3, 0.4) is 0 Å². The Labute approximate surface area is 120 Å². The molecule has 5 nitrogen and oxygen atoms in total. The molecule has 0 spiro atoms. The minimum atomic E-state index is -4.60. The molecule has 0 heterocycles. The van der Waals surface area contributed by atoms with E-state index in [-0.39, 0.29) is 18.0 Å². The van der Waals surface area contributed by atoms with Gasteiger partial charge in [0.1, 0.15) is 6.07 Å². The van der Waals surface area contributed by atoms with Crippen LogP contribution in [0.25, 0.3) is 0 Å². The van der Waals surface area contributed by atoms with E-state index >= 15 is 0 Å². The van der Waals surface area contributed by atoms with Crippen LogP contribution in [-0.2, 0) is 20.9 Å². The quantitative estimate of drug-likeness (QED) is 0.815. The maximum absolute atomic E-state index is 12.5. The standard InChI is InChI=1S/C12H13F3N2O3S/c1-2-20-5-6-21(18,19)17-11-4-3-10(12(13,14)15)7-9(11)8-16/h3-4,7,17H,2,5-6H2,1H3. The molecule has 0 atom stereocenters. The van der Waals surface area contributed by atoms with Crippen molar-refractivity contribution in [2.75, 3.05) is 23.7 Å². The lowest BCUT2D eigenvalue weighted by Crippen LogP contribution is -2.21. The van der Waals surface area contributed by atoms with Crippen LogP contribution in [0.4, 0.5) is 18.9 Å². The van der Waals surface area contributed by atoms with E-state index in [1.807, 2.05) is 0 Å². The van der Waals surface area contributed by atoms with Crippen molar-refractivity contribution in [3.63, 3.8) is 0 Å². The molecule has 0 fully saturated rings. The van der Waals surface area contributed by atoms with E-state index in [2.05, 4.69) is 4.72 Å². The van der Waals surface area contributed by atoms with Gasteiger partial charge in [0.05, 0.1) is 29.2 Å². The summed E-state index contributed by atoms with van der Waals surface area (Å²) < 4.78 is 67.9. The third-order valence-electron chi connectivity index (χ3n) is 2.43. The Balaban J connectivity index is 2.97. The highest BCUT2D eigenvalue weighted by Crippen LogP contribution is 2.31. The van der Waals surface area contributed by atoms with Crippen LogP contribution >= 0.6 is 0 Å². The molecule has 0 amide bonds. The highest BCUT2D eigenvalue weighted by atomic mass is 32.2. The van der Waals surface area contributed by atoms with E-state index < -0.39 is 27.3 Å². The normalized spacial score (nSPS) is 12.0. The van der Waals surface area contributed by atoms with Crippen LogP contribution in [0.1, 0.15) is 18.1 Å². The number of rotatable bonds is 6. The van der Waals surface area contributed by atoms with Crippen LogP contribution in [0.5, 0.6) is 0 Å². The number of sulfonamides is 1. The van der Waals surface area contributed by atoms with Gasteiger partial charge in [-0.3, -0.25) is 4.72 Å². The van der Waals surface area contributed by atoms with Crippen molar-refractivity contribution < 1.29 is 26.3 Å². The topological polar surface area (TPSA) is 79.2 Å². The molecule has 0 bridgehead atoms. The summed E-state index contributed by atoms with van der Waals surface area (Å²) in [6.45, 7) is 2.00. The number of ether oxygens (including phenoxy) is 1. The van der Waals surface area contributed by atoms with E-state index in [0.29, 0.717) is 18.7 Å². The number of hydrogen-bond acceptors (Lipinski definition) is 4. The van der Waals surface area contributed by atoms with Crippen molar-refractivity contribution in [2.45, 2.75) is 13.1 Å². The van der Waals surface area contributed by atoms with Gasteiger partial charge in [0.25, 0.3) is 0 Å². The summed E-state index contributed by atoms with van der Waals surface area (Å²) in [5.74, 6) is -0.354. The van der Waals surface area contributed by atoms with E-state index in [1.54, 1.807) is 6.92 Å². The lowest BCUT2D eigenvalue weighted by atomic mass is 10.1. The first kappa shape index (κ1) is 17.3. The van der Waals surface area contributed by atoms with E-state index in [1.165, 1.54) is 6.07 Å². The summed E-state index contributed by atoms with van der Waals surface area (Å²) in [5.41, 5.74) is -1.61. The highest BCUT2D eigenvalue weighted by Gasteiger charge is 2.31. The van der Waals surface area contributed by atoms with Crippen molar-refractivity contribution in [2.24, 2.45) is 0 Å². The van der Waals surface area contributed by atoms with Gasteiger partial charge < -0.3 is 4.74 Å². The molecule has 116 valence electrons. The summed E-state index contributed by atoms with van der Waals surface area (Å²) in [7, 11) is -3.80. The zero-order chi connectivity index (χ0) is 16.1. The average Bonchev–Trinajstić information content (AvgIpc) is 2.37. The number of hydrogen-bond donors (Lipinski definition) is 1. The van der Waals surface area contributed by atoms with Gasteiger partial charge in [0, 0.05) is 6.61 Å². The molecule has 21 heavy (non-hydrogen) atoms. The molecule has 1 aromatic carbocycles. The molecule has 0 saturated carbocycles. The van der Waals surface area contributed by atoms with Gasteiger partial charge in [-0.2, -0.15) is 18.4 Å². The Kier molecular flexibility index (Phi) is 5.57. The Bertz CT molecular complexity index is 636. The molecule has 0 aliphatic rings. The van der Waals surface area contributed by atoms with Gasteiger partial charge in [0.2, 0.25) is 10.0 Å². The van der Waals surface area contributed by atoms with E-state index in [0.717, 1.165) is 6.07 Å². The first-order valence-corrected chi connectivity index (χ1v) is 7.54. The van der Waals surface area contributed by atoms with Crippen molar-refractivity contribution in [3.8, 4) is 6.07 Å². The second-order valence-corrected chi connectivity index (χ2v) is 5.83. The number of nitriles is 1. The molecule has 0 aliphatic heterocycles. The maximum atomic E-state index is 12.5. The zero-order valence-corrected chi connectivity index (χ0v) is 11.9. The van der Waals surface area contributed by atoms with Crippen LogP contribution in [0, 0.1) is 11.3 Å². The summed E-state index contributed by atoms with van der Waals surface area (Å²) in [5, 5.41) is 8.84. The molecule has 9 heteroatoms. The molecular weight excluding hydrogens is 309 g/mol. The first-order chi connectivity index (χ1) is 9.69. The first-order valence-electron chi connectivity index (χ1n) is 5.89. The highest BCUT2D eigenvalue weighted by molar-refractivity contribution is 7.92. The molecule has 0 unspecified atom stereocenters. The van der Waals surface area contributed by atoms with Crippen molar-refractivity contribution >= 4 is 15.7 Å². The van der Waals surface area contributed by atoms with Gasteiger partial charge in [-0.05, 0) is 25.1 Å². The molecule has 0 aromatic heterocycles. The monoisotopic (exact) mass is 322 g/mol. The minimum absolute atomic E-state index is 0.0473. The fourth-order valence-corrected chi connectivity index (χ4v) is 2.39. The third kappa shape index (κ3) is 5.24. The molecule has 1 rings (SSSR count). The number of nitrogens with one attached hydrogen (secondary N) is 1. The lowest BCUT2D eigenvalue weighted by Gasteiger charge is -2.12. The molecular formula is C12H13F3N2O3S. The van der Waals surface area contributed by atoms with Gasteiger partial charge in [0.15, 0.2) is 0 Å². The van der Waals surface area contributed by atoms with Gasteiger partial charge in [-0.1, -0.05) is 0 Å². The van der Waals surface area contributed by atoms with Crippen LogP contribution in [0.2, 0.25) is 0 Å². The van der Waals surface area contributed by atoms with Crippen molar-refractivity contribution in [1.29, 1.82) is 5.26 Å². The number of anilines is 1. The van der Waals surface area contributed by atoms with Crippen LogP contribution < -0.4 is 4.72 Å². The summed E-state index contributed by atoms with van der Waals surface area (Å²) in [6, 6.07) is 3.76. The van der Waals surface area contributed by atoms with Crippen LogP contribution in [-0.4, -0.2) is 27.4 Å². The Morgan fingerprint density at radius 2 is 2.05 bits per heavy atom. The van der Waals surface area contributed by atoms with Gasteiger partial charge in [-0.15, -0.1) is 0 Å². The van der Waals surface area contributed by atoms with Gasteiger partial charge in [-0.25, -0.2) is 8.42 Å². The zero-order valence-electron chi connectivity index (χ0n) is 11.1. The predicted molar refractivity (Wildman–Crippen MR) is 70.1 cm³/mol. The number of alkyl halides is 3. The molecule has 0 radical (unpaired) electrons. The van der Waals surface area contributed by atoms with Crippen molar-refractivity contribution in [1.82, 2.24) is 0 Å². The Hall–Kier alpha value is -1.79.